The van der Waals surface area contributed by atoms with E-state index >= 15 is 0 Å². The molecule has 0 fully saturated rings. The lowest BCUT2D eigenvalue weighted by atomic mass is 10.5. The number of hydrogen-bond donors (Lipinski definition) is 1. The molecule has 1 aromatic rings. The van der Waals surface area contributed by atoms with Crippen molar-refractivity contribution in [3.8, 4) is 0 Å². The maximum absolute atomic E-state index is 12.4. The van der Waals surface area contributed by atoms with E-state index in [0.717, 1.165) is 6.07 Å². The molecular formula is C10H12F3NO4S2. The Morgan fingerprint density at radius 2 is 2.05 bits per heavy atom. The molecule has 114 valence electrons. The Morgan fingerprint density at radius 1 is 1.45 bits per heavy atom. The third kappa shape index (κ3) is 3.93. The Kier molecular flexibility index (Phi) is 5.16. The summed E-state index contributed by atoms with van der Waals surface area (Å²) in [6.45, 7) is -0.445. The Bertz CT molecular complexity index is 580. The standard InChI is InChI=1S/C10H12F3NO4S2/c1-2-4-14(6-10(11,12)13)20(17,18)7-3-5-19-8(7)9(15)16/h3,5H,2,4,6H2,1H3,(H,15,16). The second-order valence-electron chi connectivity index (χ2n) is 3.87. The van der Waals surface area contributed by atoms with Crippen LogP contribution in [0.1, 0.15) is 23.0 Å². The van der Waals surface area contributed by atoms with E-state index in [1.807, 2.05) is 0 Å². The van der Waals surface area contributed by atoms with E-state index in [0.29, 0.717) is 11.3 Å². The summed E-state index contributed by atoms with van der Waals surface area (Å²) in [5, 5.41) is 10.1. The van der Waals surface area contributed by atoms with Crippen LogP contribution in [0.5, 0.6) is 0 Å². The highest BCUT2D eigenvalue weighted by Crippen LogP contribution is 2.28. The quantitative estimate of drug-likeness (QED) is 0.869. The normalized spacial score (nSPS) is 12.8. The van der Waals surface area contributed by atoms with Crippen LogP contribution in [0.25, 0.3) is 0 Å². The van der Waals surface area contributed by atoms with Gasteiger partial charge in [0.15, 0.2) is 0 Å². The van der Waals surface area contributed by atoms with Crippen molar-refractivity contribution in [2.24, 2.45) is 0 Å². The monoisotopic (exact) mass is 331 g/mol. The molecule has 1 N–H and O–H groups in total. The second-order valence-corrected chi connectivity index (χ2v) is 6.70. The molecule has 0 aromatic carbocycles. The van der Waals surface area contributed by atoms with Gasteiger partial charge in [0.2, 0.25) is 10.0 Å². The zero-order valence-electron chi connectivity index (χ0n) is 10.3. The molecule has 0 aliphatic heterocycles. The van der Waals surface area contributed by atoms with E-state index in [2.05, 4.69) is 0 Å². The number of carbonyl (C=O) groups is 1. The van der Waals surface area contributed by atoms with Gasteiger partial charge in [-0.3, -0.25) is 0 Å². The molecule has 20 heavy (non-hydrogen) atoms. The zero-order valence-corrected chi connectivity index (χ0v) is 12.0. The first kappa shape index (κ1) is 16.9. The third-order valence-corrected chi connectivity index (χ3v) is 5.19. The summed E-state index contributed by atoms with van der Waals surface area (Å²) in [5.74, 6) is -1.48. The highest BCUT2D eigenvalue weighted by Gasteiger charge is 2.38. The van der Waals surface area contributed by atoms with E-state index in [1.54, 1.807) is 0 Å². The average molecular weight is 331 g/mol. The van der Waals surface area contributed by atoms with E-state index in [4.69, 9.17) is 5.11 Å². The first-order chi connectivity index (χ1) is 9.09. The van der Waals surface area contributed by atoms with Crippen molar-refractivity contribution in [3.63, 3.8) is 0 Å². The molecule has 1 rings (SSSR count). The number of aromatic carboxylic acids is 1. The summed E-state index contributed by atoms with van der Waals surface area (Å²) < 4.78 is 61.9. The van der Waals surface area contributed by atoms with Gasteiger partial charge in [0.25, 0.3) is 0 Å². The first-order valence-electron chi connectivity index (χ1n) is 5.47. The highest BCUT2D eigenvalue weighted by molar-refractivity contribution is 7.89. The predicted molar refractivity (Wildman–Crippen MR) is 66.4 cm³/mol. The van der Waals surface area contributed by atoms with Crippen LogP contribution in [-0.2, 0) is 10.0 Å². The van der Waals surface area contributed by atoms with Crippen molar-refractivity contribution in [3.05, 3.63) is 16.3 Å². The number of carboxylic acid groups (broad SMARTS) is 1. The fourth-order valence-electron chi connectivity index (χ4n) is 1.53. The number of nitrogens with zero attached hydrogens (tertiary/aromatic N) is 1. The minimum absolute atomic E-state index is 0.182. The van der Waals surface area contributed by atoms with E-state index < -0.39 is 38.5 Å². The Morgan fingerprint density at radius 3 is 2.50 bits per heavy atom. The lowest BCUT2D eigenvalue weighted by Crippen LogP contribution is -2.39. The van der Waals surface area contributed by atoms with Crippen LogP contribution in [0.2, 0.25) is 0 Å². The molecule has 0 bridgehead atoms. The molecule has 5 nitrogen and oxygen atoms in total. The SMILES string of the molecule is CCCN(CC(F)(F)F)S(=O)(=O)c1ccsc1C(=O)O. The van der Waals surface area contributed by atoms with E-state index in [1.165, 1.54) is 12.3 Å². The molecule has 0 radical (unpaired) electrons. The molecule has 1 heterocycles. The smallest absolute Gasteiger partial charge is 0.402 e. The van der Waals surface area contributed by atoms with Gasteiger partial charge in [0.1, 0.15) is 16.3 Å². The van der Waals surface area contributed by atoms with Gasteiger partial charge < -0.3 is 5.11 Å². The molecule has 10 heteroatoms. The Labute approximate surface area is 117 Å². The van der Waals surface area contributed by atoms with Crippen LogP contribution in [0, 0.1) is 0 Å². The van der Waals surface area contributed by atoms with Crippen LogP contribution in [0.15, 0.2) is 16.3 Å². The van der Waals surface area contributed by atoms with Crippen molar-refractivity contribution >= 4 is 27.3 Å². The summed E-state index contributed by atoms with van der Waals surface area (Å²) in [5.41, 5.74) is 0. The second kappa shape index (κ2) is 6.10. The molecule has 0 aliphatic rings. The number of thiophene rings is 1. The maximum atomic E-state index is 12.4. The van der Waals surface area contributed by atoms with Gasteiger partial charge in [-0.2, -0.15) is 17.5 Å². The number of halogens is 3. The minimum Gasteiger partial charge on any atom is -0.477 e. The summed E-state index contributed by atoms with van der Waals surface area (Å²) in [6.07, 6.45) is -4.51. The summed E-state index contributed by atoms with van der Waals surface area (Å²) >= 11 is 0.651. The molecule has 0 amide bonds. The van der Waals surface area contributed by atoms with Gasteiger partial charge in [-0.15, -0.1) is 11.3 Å². The lowest BCUT2D eigenvalue weighted by molar-refractivity contribution is -0.136. The summed E-state index contributed by atoms with van der Waals surface area (Å²) in [4.78, 5) is 9.80. The van der Waals surface area contributed by atoms with Crippen LogP contribution in [0.4, 0.5) is 13.2 Å². The predicted octanol–water partition coefficient (Wildman–Crippen LogP) is 2.41. The molecule has 0 spiro atoms. The van der Waals surface area contributed by atoms with Gasteiger partial charge in [0.05, 0.1) is 0 Å². The van der Waals surface area contributed by atoms with Crippen molar-refractivity contribution in [2.45, 2.75) is 24.4 Å². The van der Waals surface area contributed by atoms with E-state index in [9.17, 15) is 26.4 Å². The molecule has 0 atom stereocenters. The first-order valence-corrected chi connectivity index (χ1v) is 7.79. The van der Waals surface area contributed by atoms with Crippen LogP contribution < -0.4 is 0 Å². The van der Waals surface area contributed by atoms with Crippen LogP contribution in [-0.4, -0.2) is 43.1 Å². The summed E-state index contributed by atoms with van der Waals surface area (Å²) in [6, 6.07) is 1.00. The maximum Gasteiger partial charge on any atom is 0.402 e. The van der Waals surface area contributed by atoms with Crippen molar-refractivity contribution in [2.75, 3.05) is 13.1 Å². The van der Waals surface area contributed by atoms with Gasteiger partial charge in [0, 0.05) is 6.54 Å². The van der Waals surface area contributed by atoms with Gasteiger partial charge >= 0.3 is 12.1 Å². The topological polar surface area (TPSA) is 74.7 Å². The third-order valence-electron chi connectivity index (χ3n) is 2.27. The molecular weight excluding hydrogens is 319 g/mol. The number of rotatable bonds is 6. The van der Waals surface area contributed by atoms with Crippen LogP contribution in [0.3, 0.4) is 0 Å². The Balaban J connectivity index is 3.23. The summed E-state index contributed by atoms with van der Waals surface area (Å²) in [7, 11) is -4.49. The van der Waals surface area contributed by atoms with Gasteiger partial charge in [-0.25, -0.2) is 13.2 Å². The zero-order chi connectivity index (χ0) is 15.6. The number of hydrogen-bond acceptors (Lipinski definition) is 4. The lowest BCUT2D eigenvalue weighted by Gasteiger charge is -2.22. The molecule has 0 aliphatic carbocycles. The molecule has 0 saturated carbocycles. The fraction of sp³-hybridized carbons (Fsp3) is 0.500. The average Bonchev–Trinajstić information content (AvgIpc) is 2.76. The van der Waals surface area contributed by atoms with Gasteiger partial charge in [-0.05, 0) is 17.9 Å². The minimum atomic E-state index is -4.69. The van der Waals surface area contributed by atoms with Crippen molar-refractivity contribution in [1.82, 2.24) is 4.31 Å². The largest absolute Gasteiger partial charge is 0.477 e. The fourth-order valence-corrected chi connectivity index (χ4v) is 4.28. The van der Waals surface area contributed by atoms with Gasteiger partial charge in [-0.1, -0.05) is 6.92 Å². The van der Waals surface area contributed by atoms with Crippen molar-refractivity contribution in [1.29, 1.82) is 0 Å². The number of carboxylic acids is 1. The Hall–Kier alpha value is -1.13. The van der Waals surface area contributed by atoms with Crippen LogP contribution >= 0.6 is 11.3 Å². The molecule has 0 saturated heterocycles. The van der Waals surface area contributed by atoms with E-state index in [-0.39, 0.29) is 17.3 Å². The molecule has 1 aromatic heterocycles. The number of alkyl halides is 3. The van der Waals surface area contributed by atoms with Crippen molar-refractivity contribution < 1.29 is 31.5 Å². The highest BCUT2D eigenvalue weighted by atomic mass is 32.2. The number of sulfonamides is 1. The molecule has 0 unspecified atom stereocenters.